The maximum atomic E-state index is 12.6. The van der Waals surface area contributed by atoms with Gasteiger partial charge in [0.2, 0.25) is 0 Å². The van der Waals surface area contributed by atoms with Gasteiger partial charge in [-0.2, -0.15) is 0 Å². The number of morpholine rings is 1. The molecular formula is C39H65NO7. The van der Waals surface area contributed by atoms with Crippen molar-refractivity contribution in [2.24, 2.45) is 50.7 Å². The average molecular weight is 660 g/mol. The Balaban J connectivity index is 1.03. The molecule has 0 aromatic heterocycles. The zero-order chi connectivity index (χ0) is 33.6. The van der Waals surface area contributed by atoms with Crippen LogP contribution < -0.4 is 0 Å². The number of aliphatic hydroxyl groups excluding tert-OH is 1. The fourth-order valence-corrected chi connectivity index (χ4v) is 14.6. The molecule has 47 heavy (non-hydrogen) atoms. The minimum absolute atomic E-state index is 0.0213. The summed E-state index contributed by atoms with van der Waals surface area (Å²) in [6.45, 7) is 22.4. The van der Waals surface area contributed by atoms with E-state index in [0.717, 1.165) is 45.8 Å². The number of ether oxygens (including phenoxy) is 5. The van der Waals surface area contributed by atoms with Gasteiger partial charge in [0.1, 0.15) is 6.10 Å². The number of fused-ring (bicyclic) bond motifs is 4. The Bertz CT molecular complexity index is 1230. The minimum atomic E-state index is -1.01. The predicted molar refractivity (Wildman–Crippen MR) is 179 cm³/mol. The quantitative estimate of drug-likeness (QED) is 0.391. The SMILES string of the molecule is CO[C@@H]([C@H]1C[C@@H](C)[C@H]2[C@H](O1)[C@H](O)[C@@]1(C)[C@@H]3CC[C@H]4C(C)(C)[C@@H](O[C@H]5CN(C6(C)COC6)CCO5)CCC45CC35CC[C@]21C)C(C)(C)O. The molecule has 0 bridgehead atoms. The van der Waals surface area contributed by atoms with E-state index in [1.165, 1.54) is 38.5 Å². The molecule has 3 aliphatic heterocycles. The molecule has 0 amide bonds. The molecule has 8 rings (SSSR count). The molecule has 0 aromatic carbocycles. The summed E-state index contributed by atoms with van der Waals surface area (Å²) >= 11 is 0. The van der Waals surface area contributed by atoms with Crippen LogP contribution in [0.25, 0.3) is 0 Å². The van der Waals surface area contributed by atoms with Crippen molar-refractivity contribution in [2.45, 2.75) is 155 Å². The lowest BCUT2D eigenvalue weighted by Crippen LogP contribution is -2.64. The van der Waals surface area contributed by atoms with Gasteiger partial charge < -0.3 is 33.9 Å². The second kappa shape index (κ2) is 10.6. The summed E-state index contributed by atoms with van der Waals surface area (Å²) in [5, 5.41) is 23.5. The molecule has 3 saturated heterocycles. The fourth-order valence-electron chi connectivity index (χ4n) is 14.6. The van der Waals surface area contributed by atoms with Crippen LogP contribution >= 0.6 is 0 Å². The van der Waals surface area contributed by atoms with Crippen LogP contribution in [0.3, 0.4) is 0 Å². The molecule has 5 saturated carbocycles. The average Bonchev–Trinajstić information content (AvgIpc) is 3.62. The topological polar surface area (TPSA) is 89.9 Å². The first kappa shape index (κ1) is 33.8. The van der Waals surface area contributed by atoms with Gasteiger partial charge in [0, 0.05) is 19.1 Å². The van der Waals surface area contributed by atoms with Crippen LogP contribution in [0.4, 0.5) is 0 Å². The van der Waals surface area contributed by atoms with Gasteiger partial charge in [0.05, 0.1) is 61.9 Å². The Morgan fingerprint density at radius 3 is 2.32 bits per heavy atom. The third-order valence-electron chi connectivity index (χ3n) is 17.0. The minimum Gasteiger partial charge on any atom is -0.390 e. The largest absolute Gasteiger partial charge is 0.390 e. The van der Waals surface area contributed by atoms with E-state index in [0.29, 0.717) is 34.5 Å². The molecule has 2 unspecified atom stereocenters. The monoisotopic (exact) mass is 659 g/mol. The van der Waals surface area contributed by atoms with Gasteiger partial charge >= 0.3 is 0 Å². The molecule has 0 radical (unpaired) electrons. The Labute approximate surface area is 283 Å². The van der Waals surface area contributed by atoms with Gasteiger partial charge in [-0.1, -0.05) is 34.6 Å². The lowest BCUT2D eigenvalue weighted by atomic mass is 9.41. The van der Waals surface area contributed by atoms with E-state index in [4.69, 9.17) is 23.7 Å². The Morgan fingerprint density at radius 1 is 0.957 bits per heavy atom. The van der Waals surface area contributed by atoms with Crippen LogP contribution in [-0.2, 0) is 23.7 Å². The van der Waals surface area contributed by atoms with Crippen LogP contribution in [0.2, 0.25) is 0 Å². The zero-order valence-electron chi connectivity index (χ0n) is 30.8. The highest BCUT2D eigenvalue weighted by molar-refractivity contribution is 5.33. The first-order valence-corrected chi connectivity index (χ1v) is 19.2. The van der Waals surface area contributed by atoms with Crippen LogP contribution in [0.15, 0.2) is 0 Å². The van der Waals surface area contributed by atoms with Crippen molar-refractivity contribution in [2.75, 3.05) is 40.0 Å². The maximum absolute atomic E-state index is 12.6. The van der Waals surface area contributed by atoms with E-state index >= 15 is 0 Å². The van der Waals surface area contributed by atoms with Crippen LogP contribution in [0.1, 0.15) is 107 Å². The number of methoxy groups -OCH3 is 1. The summed E-state index contributed by atoms with van der Waals surface area (Å²) < 4.78 is 31.5. The lowest BCUT2D eigenvalue weighted by molar-refractivity contribution is -0.265. The Hall–Kier alpha value is -0.320. The smallest absolute Gasteiger partial charge is 0.170 e. The highest BCUT2D eigenvalue weighted by atomic mass is 16.7. The highest BCUT2D eigenvalue weighted by Crippen LogP contribution is 2.89. The molecule has 8 nitrogen and oxygen atoms in total. The summed E-state index contributed by atoms with van der Waals surface area (Å²) in [5.74, 6) is 1.83. The van der Waals surface area contributed by atoms with Crippen molar-refractivity contribution in [1.82, 2.24) is 4.90 Å². The Kier molecular flexibility index (Phi) is 7.64. The number of rotatable bonds is 6. The van der Waals surface area contributed by atoms with E-state index in [2.05, 4.69) is 46.4 Å². The second-order valence-corrected chi connectivity index (χ2v) is 19.7. The van der Waals surface area contributed by atoms with E-state index in [1.807, 2.05) is 13.8 Å². The van der Waals surface area contributed by atoms with Crippen molar-refractivity contribution in [3.8, 4) is 0 Å². The summed E-state index contributed by atoms with van der Waals surface area (Å²) in [4.78, 5) is 2.53. The summed E-state index contributed by atoms with van der Waals surface area (Å²) in [7, 11) is 1.67. The van der Waals surface area contributed by atoms with Gasteiger partial charge in [-0.25, -0.2) is 0 Å². The fraction of sp³-hybridized carbons (Fsp3) is 1.00. The molecular weight excluding hydrogens is 594 g/mol. The summed E-state index contributed by atoms with van der Waals surface area (Å²) in [6.07, 6.45) is 7.98. The van der Waals surface area contributed by atoms with E-state index < -0.39 is 17.8 Å². The Morgan fingerprint density at radius 2 is 1.66 bits per heavy atom. The van der Waals surface area contributed by atoms with Crippen molar-refractivity contribution in [3.63, 3.8) is 0 Å². The number of hydrogen-bond acceptors (Lipinski definition) is 8. The number of aliphatic hydroxyl groups is 2. The zero-order valence-corrected chi connectivity index (χ0v) is 30.8. The van der Waals surface area contributed by atoms with Crippen molar-refractivity contribution < 1.29 is 33.9 Å². The molecule has 268 valence electrons. The number of hydrogen-bond donors (Lipinski definition) is 2. The van der Waals surface area contributed by atoms with Gasteiger partial charge in [-0.3, -0.25) is 4.90 Å². The molecule has 8 heteroatoms. The van der Waals surface area contributed by atoms with E-state index in [1.54, 1.807) is 7.11 Å². The van der Waals surface area contributed by atoms with E-state index in [9.17, 15) is 10.2 Å². The summed E-state index contributed by atoms with van der Waals surface area (Å²) in [5.41, 5.74) is -0.341. The maximum Gasteiger partial charge on any atom is 0.170 e. The molecule has 8 fully saturated rings. The lowest BCUT2D eigenvalue weighted by Gasteiger charge is -2.64. The van der Waals surface area contributed by atoms with Crippen LogP contribution in [0.5, 0.6) is 0 Å². The van der Waals surface area contributed by atoms with Crippen LogP contribution in [0, 0.1) is 50.7 Å². The van der Waals surface area contributed by atoms with E-state index in [-0.39, 0.29) is 46.4 Å². The van der Waals surface area contributed by atoms with Gasteiger partial charge in [-0.05, 0) is 117 Å². The molecule has 0 aromatic rings. The van der Waals surface area contributed by atoms with Crippen LogP contribution in [-0.4, -0.2) is 103 Å². The molecule has 5 aliphatic carbocycles. The second-order valence-electron chi connectivity index (χ2n) is 19.7. The molecule has 2 N–H and O–H groups in total. The highest BCUT2D eigenvalue weighted by Gasteiger charge is 2.84. The normalized spacial score (nSPS) is 53.8. The predicted octanol–water partition coefficient (Wildman–Crippen LogP) is 5.42. The molecule has 3 heterocycles. The molecule has 14 atom stereocenters. The van der Waals surface area contributed by atoms with Gasteiger partial charge in [0.15, 0.2) is 6.29 Å². The van der Waals surface area contributed by atoms with Crippen molar-refractivity contribution >= 4 is 0 Å². The summed E-state index contributed by atoms with van der Waals surface area (Å²) in [6, 6.07) is 0. The molecule has 8 aliphatic rings. The van der Waals surface area contributed by atoms with Gasteiger partial charge in [0.25, 0.3) is 0 Å². The van der Waals surface area contributed by atoms with Crippen molar-refractivity contribution in [3.05, 3.63) is 0 Å². The third-order valence-corrected chi connectivity index (χ3v) is 17.0. The first-order valence-electron chi connectivity index (χ1n) is 19.2. The molecule has 2 spiro atoms. The standard InChI is InChI=1S/C39H65NO7/c1-23-18-24(32(43-9)34(4,5)42)46-30-29(23)36(7)14-15-39-20-38(39)13-12-27(47-28-19-40(16-17-45-28)35(6)21-44-22-35)33(2,3)25(38)10-11-26(39)37(36,8)31(30)41/h23-32,41-42H,10-22H2,1-9H3/t23-,24-,25+,26+,27+,28+,29+,30+,31+,32+,36-,37-,38?,39?/m1/s1. The van der Waals surface area contributed by atoms with Crippen molar-refractivity contribution in [1.29, 1.82) is 0 Å². The third kappa shape index (κ3) is 4.34. The first-order chi connectivity index (χ1) is 22.0. The number of nitrogens with zero attached hydrogens (tertiary/aromatic N) is 1. The van der Waals surface area contributed by atoms with Gasteiger partial charge in [-0.15, -0.1) is 0 Å².